The molecule has 0 bridgehead atoms. The lowest BCUT2D eigenvalue weighted by atomic mass is 10.1. The molecule has 0 aliphatic rings. The molecule has 0 fully saturated rings. The van der Waals surface area contributed by atoms with Gasteiger partial charge in [0, 0.05) is 24.5 Å². The molecule has 0 radical (unpaired) electrons. The summed E-state index contributed by atoms with van der Waals surface area (Å²) in [5, 5.41) is 4.05. The maximum Gasteiger partial charge on any atom is 0.157 e. The Morgan fingerprint density at radius 3 is 2.94 bits per heavy atom. The van der Waals surface area contributed by atoms with Crippen molar-refractivity contribution in [2.24, 2.45) is 12.8 Å². The fourth-order valence-electron chi connectivity index (χ4n) is 1.59. The molecular formula is C11H15N5. The van der Waals surface area contributed by atoms with Gasteiger partial charge < -0.3 is 5.73 Å². The molecule has 2 rings (SSSR count). The highest BCUT2D eigenvalue weighted by Gasteiger charge is 2.05. The number of hydrogen-bond acceptors (Lipinski definition) is 4. The van der Waals surface area contributed by atoms with Crippen LogP contribution in [0.5, 0.6) is 0 Å². The van der Waals surface area contributed by atoms with Crippen LogP contribution in [0.1, 0.15) is 12.1 Å². The van der Waals surface area contributed by atoms with Crippen molar-refractivity contribution in [3.8, 4) is 11.4 Å². The molecule has 84 valence electrons. The van der Waals surface area contributed by atoms with E-state index in [0.29, 0.717) is 6.54 Å². The third-order valence-corrected chi connectivity index (χ3v) is 2.42. The quantitative estimate of drug-likeness (QED) is 0.821. The first kappa shape index (κ1) is 10.8. The predicted octanol–water partition coefficient (Wildman–Crippen LogP) is 0.768. The van der Waals surface area contributed by atoms with Crippen LogP contribution in [0, 0.1) is 0 Å². The summed E-state index contributed by atoms with van der Waals surface area (Å²) in [6.45, 7) is 0.690. The smallest absolute Gasteiger partial charge is 0.157 e. The predicted molar refractivity (Wildman–Crippen MR) is 61.6 cm³/mol. The van der Waals surface area contributed by atoms with Crippen molar-refractivity contribution in [2.75, 3.05) is 6.54 Å². The molecule has 0 aromatic carbocycles. The van der Waals surface area contributed by atoms with Crippen LogP contribution in [0.3, 0.4) is 0 Å². The molecule has 16 heavy (non-hydrogen) atoms. The molecule has 0 spiro atoms. The highest BCUT2D eigenvalue weighted by atomic mass is 15.3. The summed E-state index contributed by atoms with van der Waals surface area (Å²) in [6, 6.07) is 3.98. The van der Waals surface area contributed by atoms with E-state index in [1.165, 1.54) is 0 Å². The van der Waals surface area contributed by atoms with Crippen molar-refractivity contribution in [1.82, 2.24) is 19.7 Å². The van der Waals surface area contributed by atoms with Crippen LogP contribution in [0.15, 0.2) is 24.7 Å². The highest BCUT2D eigenvalue weighted by Crippen LogP contribution is 2.16. The van der Waals surface area contributed by atoms with Crippen molar-refractivity contribution in [3.63, 3.8) is 0 Å². The lowest BCUT2D eigenvalue weighted by molar-refractivity contribution is 0.773. The number of pyridine rings is 1. The van der Waals surface area contributed by atoms with Gasteiger partial charge in [-0.2, -0.15) is 5.10 Å². The van der Waals surface area contributed by atoms with E-state index in [1.807, 2.05) is 19.2 Å². The van der Waals surface area contributed by atoms with Crippen LogP contribution >= 0.6 is 0 Å². The minimum absolute atomic E-state index is 0.690. The molecule has 0 aliphatic carbocycles. The van der Waals surface area contributed by atoms with E-state index in [-0.39, 0.29) is 0 Å². The Labute approximate surface area is 94.3 Å². The van der Waals surface area contributed by atoms with Crippen LogP contribution in [-0.2, 0) is 13.5 Å². The summed E-state index contributed by atoms with van der Waals surface area (Å²) < 4.78 is 1.75. The zero-order valence-corrected chi connectivity index (χ0v) is 9.30. The van der Waals surface area contributed by atoms with Gasteiger partial charge in [-0.3, -0.25) is 4.98 Å². The number of rotatable bonds is 4. The average Bonchev–Trinajstić information content (AvgIpc) is 2.73. The van der Waals surface area contributed by atoms with Gasteiger partial charge in [-0.25, -0.2) is 9.67 Å². The number of aromatic nitrogens is 4. The minimum atomic E-state index is 0.690. The van der Waals surface area contributed by atoms with Gasteiger partial charge in [0.05, 0.1) is 0 Å². The molecular weight excluding hydrogens is 202 g/mol. The number of nitrogens with two attached hydrogens (primary N) is 1. The third kappa shape index (κ3) is 2.25. The summed E-state index contributed by atoms with van der Waals surface area (Å²) in [4.78, 5) is 8.51. The largest absolute Gasteiger partial charge is 0.330 e. The zero-order chi connectivity index (χ0) is 11.4. The third-order valence-electron chi connectivity index (χ3n) is 2.42. The van der Waals surface area contributed by atoms with Crippen molar-refractivity contribution >= 4 is 0 Å². The Morgan fingerprint density at radius 1 is 1.38 bits per heavy atom. The summed E-state index contributed by atoms with van der Waals surface area (Å²) in [6.07, 6.45) is 5.21. The molecule has 2 N–H and O–H groups in total. The number of aryl methyl sites for hydroxylation is 2. The summed E-state index contributed by atoms with van der Waals surface area (Å²) in [5.74, 6) is 0.858. The van der Waals surface area contributed by atoms with E-state index >= 15 is 0 Å². The van der Waals surface area contributed by atoms with Crippen molar-refractivity contribution < 1.29 is 0 Å². The topological polar surface area (TPSA) is 69.6 Å². The SMILES string of the molecule is Cn1ncnc1-c1ccnc(CCCN)c1. The number of nitrogens with zero attached hydrogens (tertiary/aromatic N) is 4. The Hall–Kier alpha value is -1.75. The van der Waals surface area contributed by atoms with Crippen LogP contribution in [-0.4, -0.2) is 26.3 Å². The second-order valence-electron chi connectivity index (χ2n) is 3.64. The molecule has 0 aliphatic heterocycles. The molecule has 5 nitrogen and oxygen atoms in total. The molecule has 0 unspecified atom stereocenters. The van der Waals surface area contributed by atoms with E-state index in [4.69, 9.17) is 5.73 Å². The van der Waals surface area contributed by atoms with E-state index < -0.39 is 0 Å². The first-order valence-electron chi connectivity index (χ1n) is 5.30. The lowest BCUT2D eigenvalue weighted by Gasteiger charge is -2.03. The van der Waals surface area contributed by atoms with E-state index in [9.17, 15) is 0 Å². The van der Waals surface area contributed by atoms with E-state index in [0.717, 1.165) is 29.9 Å². The Bertz CT molecular complexity index is 463. The van der Waals surface area contributed by atoms with Crippen molar-refractivity contribution in [2.45, 2.75) is 12.8 Å². The molecule has 0 amide bonds. The van der Waals surface area contributed by atoms with Gasteiger partial charge in [-0.05, 0) is 31.5 Å². The summed E-state index contributed by atoms with van der Waals surface area (Å²) in [5.41, 5.74) is 7.57. The normalized spacial score (nSPS) is 10.6. The fraction of sp³-hybridized carbons (Fsp3) is 0.364. The Morgan fingerprint density at radius 2 is 2.25 bits per heavy atom. The van der Waals surface area contributed by atoms with E-state index in [1.54, 1.807) is 17.2 Å². The average molecular weight is 217 g/mol. The molecule has 0 atom stereocenters. The lowest BCUT2D eigenvalue weighted by Crippen LogP contribution is -2.02. The maximum atomic E-state index is 5.48. The van der Waals surface area contributed by atoms with Crippen molar-refractivity contribution in [1.29, 1.82) is 0 Å². The molecule has 0 saturated carbocycles. The molecule has 2 aromatic rings. The molecule has 2 aromatic heterocycles. The highest BCUT2D eigenvalue weighted by molar-refractivity contribution is 5.54. The second-order valence-corrected chi connectivity index (χ2v) is 3.64. The van der Waals surface area contributed by atoms with Gasteiger partial charge in [0.2, 0.25) is 0 Å². The molecule has 5 heteroatoms. The van der Waals surface area contributed by atoms with Crippen LogP contribution in [0.2, 0.25) is 0 Å². The van der Waals surface area contributed by atoms with Gasteiger partial charge in [-0.1, -0.05) is 0 Å². The van der Waals surface area contributed by atoms with Crippen molar-refractivity contribution in [3.05, 3.63) is 30.4 Å². The second kappa shape index (κ2) is 4.85. The van der Waals surface area contributed by atoms with Gasteiger partial charge in [0.1, 0.15) is 6.33 Å². The first-order valence-corrected chi connectivity index (χ1v) is 5.30. The zero-order valence-electron chi connectivity index (χ0n) is 9.30. The van der Waals surface area contributed by atoms with E-state index in [2.05, 4.69) is 15.1 Å². The molecule has 0 saturated heterocycles. The fourth-order valence-corrected chi connectivity index (χ4v) is 1.59. The van der Waals surface area contributed by atoms with Gasteiger partial charge in [0.25, 0.3) is 0 Å². The number of hydrogen-bond donors (Lipinski definition) is 1. The van der Waals surface area contributed by atoms with Gasteiger partial charge in [-0.15, -0.1) is 0 Å². The van der Waals surface area contributed by atoms with Gasteiger partial charge in [0.15, 0.2) is 5.82 Å². The molecule has 2 heterocycles. The monoisotopic (exact) mass is 217 g/mol. The summed E-state index contributed by atoms with van der Waals surface area (Å²) >= 11 is 0. The van der Waals surface area contributed by atoms with Gasteiger partial charge >= 0.3 is 0 Å². The first-order chi connectivity index (χ1) is 7.81. The van der Waals surface area contributed by atoms with Crippen LogP contribution in [0.4, 0.5) is 0 Å². The Balaban J connectivity index is 2.26. The van der Waals surface area contributed by atoms with Crippen LogP contribution in [0.25, 0.3) is 11.4 Å². The Kier molecular flexibility index (Phi) is 3.26. The maximum absolute atomic E-state index is 5.48. The minimum Gasteiger partial charge on any atom is -0.330 e. The summed E-state index contributed by atoms with van der Waals surface area (Å²) in [7, 11) is 1.88. The standard InChI is InChI=1S/C11H15N5/c1-16-11(14-8-15-16)9-4-6-13-10(7-9)3-2-5-12/h4,6-8H,2-3,5,12H2,1H3. The van der Waals surface area contributed by atoms with Crippen LogP contribution < -0.4 is 5.73 Å².